The highest BCUT2D eigenvalue weighted by molar-refractivity contribution is 6.42. The van der Waals surface area contributed by atoms with Crippen molar-refractivity contribution in [2.75, 3.05) is 5.32 Å². The van der Waals surface area contributed by atoms with Crippen LogP contribution in [0.1, 0.15) is 22.0 Å². The number of nitrogens with zero attached hydrogens (tertiary/aromatic N) is 3. The summed E-state index contributed by atoms with van der Waals surface area (Å²) in [6, 6.07) is 12.1. The highest BCUT2D eigenvalue weighted by Gasteiger charge is 2.09. The zero-order valence-corrected chi connectivity index (χ0v) is 14.6. The Labute approximate surface area is 149 Å². The van der Waals surface area contributed by atoms with Gasteiger partial charge in [-0.1, -0.05) is 23.2 Å². The number of hydrogen-bond donors (Lipinski definition) is 1. The molecule has 0 bridgehead atoms. The summed E-state index contributed by atoms with van der Waals surface area (Å²) >= 11 is 11.8. The number of amides is 1. The summed E-state index contributed by atoms with van der Waals surface area (Å²) in [7, 11) is 0. The molecule has 5 nitrogen and oxygen atoms in total. The molecule has 0 saturated carbocycles. The average molecular weight is 361 g/mol. The van der Waals surface area contributed by atoms with Crippen molar-refractivity contribution in [1.29, 1.82) is 0 Å². The number of aryl methyl sites for hydroxylation is 2. The summed E-state index contributed by atoms with van der Waals surface area (Å²) in [5, 5.41) is 7.94. The monoisotopic (exact) mass is 360 g/mol. The molecule has 1 amide bonds. The number of nitrogens with one attached hydrogen (secondary N) is 1. The van der Waals surface area contributed by atoms with Gasteiger partial charge in [-0.2, -0.15) is 5.10 Å². The Morgan fingerprint density at radius 2 is 1.75 bits per heavy atom. The van der Waals surface area contributed by atoms with Gasteiger partial charge in [-0.15, -0.1) is 0 Å². The van der Waals surface area contributed by atoms with Crippen LogP contribution in [0.2, 0.25) is 10.0 Å². The SMILES string of the molecule is Cc1nc(C)n(-c2ccc(C(=O)Nc3ccc(Cl)c(Cl)c3)cc2)n1. The summed E-state index contributed by atoms with van der Waals surface area (Å²) in [6.07, 6.45) is 0. The summed E-state index contributed by atoms with van der Waals surface area (Å²) in [5.41, 5.74) is 1.96. The molecule has 0 fully saturated rings. The van der Waals surface area contributed by atoms with E-state index in [9.17, 15) is 4.79 Å². The van der Waals surface area contributed by atoms with Crippen LogP contribution in [0.4, 0.5) is 5.69 Å². The Bertz CT molecular complexity index is 903. The Morgan fingerprint density at radius 3 is 2.33 bits per heavy atom. The second-order valence-corrected chi connectivity index (χ2v) is 6.06. The van der Waals surface area contributed by atoms with Gasteiger partial charge in [0.25, 0.3) is 5.91 Å². The van der Waals surface area contributed by atoms with E-state index in [1.165, 1.54) is 0 Å². The fourth-order valence-electron chi connectivity index (χ4n) is 2.30. The summed E-state index contributed by atoms with van der Waals surface area (Å²) in [6.45, 7) is 3.72. The molecule has 0 saturated heterocycles. The number of anilines is 1. The Morgan fingerprint density at radius 1 is 1.04 bits per heavy atom. The molecule has 0 spiro atoms. The molecule has 0 radical (unpaired) electrons. The number of benzene rings is 2. The molecule has 7 heteroatoms. The van der Waals surface area contributed by atoms with E-state index in [0.717, 1.165) is 11.5 Å². The van der Waals surface area contributed by atoms with E-state index in [4.69, 9.17) is 23.2 Å². The molecule has 1 heterocycles. The van der Waals surface area contributed by atoms with Gasteiger partial charge < -0.3 is 5.32 Å². The normalized spacial score (nSPS) is 10.7. The molecular formula is C17H14Cl2N4O. The molecule has 24 heavy (non-hydrogen) atoms. The second kappa shape index (κ2) is 6.63. The first-order valence-corrected chi connectivity index (χ1v) is 7.97. The van der Waals surface area contributed by atoms with Gasteiger partial charge in [-0.25, -0.2) is 9.67 Å². The summed E-state index contributed by atoms with van der Waals surface area (Å²) in [4.78, 5) is 16.6. The lowest BCUT2D eigenvalue weighted by molar-refractivity contribution is 0.102. The molecule has 0 atom stereocenters. The molecule has 0 aliphatic carbocycles. The highest BCUT2D eigenvalue weighted by atomic mass is 35.5. The first kappa shape index (κ1) is 16.5. The van der Waals surface area contributed by atoms with Crippen molar-refractivity contribution in [1.82, 2.24) is 14.8 Å². The van der Waals surface area contributed by atoms with Crippen LogP contribution in [0.15, 0.2) is 42.5 Å². The number of hydrogen-bond acceptors (Lipinski definition) is 3. The topological polar surface area (TPSA) is 59.8 Å². The standard InChI is InChI=1S/C17H14Cl2N4O/c1-10-20-11(2)23(22-10)14-6-3-12(4-7-14)17(24)21-13-5-8-15(18)16(19)9-13/h3-9H,1-2H3,(H,21,24). The van der Waals surface area contributed by atoms with E-state index in [1.54, 1.807) is 35.0 Å². The van der Waals surface area contributed by atoms with E-state index < -0.39 is 0 Å². The van der Waals surface area contributed by atoms with E-state index in [0.29, 0.717) is 27.1 Å². The number of halogens is 2. The van der Waals surface area contributed by atoms with Gasteiger partial charge in [0, 0.05) is 11.3 Å². The van der Waals surface area contributed by atoms with Crippen molar-refractivity contribution < 1.29 is 4.79 Å². The number of carbonyl (C=O) groups excluding carboxylic acids is 1. The van der Waals surface area contributed by atoms with Crippen LogP contribution in [0.3, 0.4) is 0 Å². The number of rotatable bonds is 3. The molecule has 122 valence electrons. The molecular weight excluding hydrogens is 347 g/mol. The van der Waals surface area contributed by atoms with Crippen LogP contribution in [-0.4, -0.2) is 20.7 Å². The van der Waals surface area contributed by atoms with Crippen LogP contribution in [0, 0.1) is 13.8 Å². The van der Waals surface area contributed by atoms with E-state index in [-0.39, 0.29) is 5.91 Å². The summed E-state index contributed by atoms with van der Waals surface area (Å²) in [5.74, 6) is 1.26. The average Bonchev–Trinajstić information content (AvgIpc) is 2.89. The van der Waals surface area contributed by atoms with Gasteiger partial charge in [0.05, 0.1) is 15.7 Å². The molecule has 3 rings (SSSR count). The third-order valence-electron chi connectivity index (χ3n) is 3.43. The van der Waals surface area contributed by atoms with Crippen LogP contribution >= 0.6 is 23.2 Å². The quantitative estimate of drug-likeness (QED) is 0.750. The molecule has 3 aromatic rings. The minimum Gasteiger partial charge on any atom is -0.322 e. The van der Waals surface area contributed by atoms with E-state index >= 15 is 0 Å². The lowest BCUT2D eigenvalue weighted by Crippen LogP contribution is -2.12. The lowest BCUT2D eigenvalue weighted by atomic mass is 10.2. The minimum absolute atomic E-state index is 0.230. The molecule has 0 unspecified atom stereocenters. The lowest BCUT2D eigenvalue weighted by Gasteiger charge is -2.08. The largest absolute Gasteiger partial charge is 0.322 e. The molecule has 0 aliphatic heterocycles. The fraction of sp³-hybridized carbons (Fsp3) is 0.118. The van der Waals surface area contributed by atoms with E-state index in [1.807, 2.05) is 26.0 Å². The van der Waals surface area contributed by atoms with E-state index in [2.05, 4.69) is 15.4 Å². The highest BCUT2D eigenvalue weighted by Crippen LogP contribution is 2.25. The van der Waals surface area contributed by atoms with Crippen LogP contribution in [-0.2, 0) is 0 Å². The first-order chi connectivity index (χ1) is 11.4. The van der Waals surface area contributed by atoms with Crippen LogP contribution in [0.25, 0.3) is 5.69 Å². The van der Waals surface area contributed by atoms with Crippen LogP contribution < -0.4 is 5.32 Å². The third-order valence-corrected chi connectivity index (χ3v) is 4.17. The maximum Gasteiger partial charge on any atom is 0.255 e. The van der Waals surface area contributed by atoms with Gasteiger partial charge in [-0.3, -0.25) is 4.79 Å². The Hall–Kier alpha value is -2.37. The first-order valence-electron chi connectivity index (χ1n) is 7.21. The Kier molecular flexibility index (Phi) is 4.55. The fourth-order valence-corrected chi connectivity index (χ4v) is 2.59. The maximum absolute atomic E-state index is 12.3. The van der Waals surface area contributed by atoms with Gasteiger partial charge in [0.2, 0.25) is 0 Å². The number of carbonyl (C=O) groups is 1. The van der Waals surface area contributed by atoms with Crippen molar-refractivity contribution >= 4 is 34.8 Å². The molecule has 0 aliphatic rings. The zero-order valence-electron chi connectivity index (χ0n) is 13.0. The predicted molar refractivity (Wildman–Crippen MR) is 95.2 cm³/mol. The van der Waals surface area contributed by atoms with Crippen LogP contribution in [0.5, 0.6) is 0 Å². The van der Waals surface area contributed by atoms with Crippen molar-refractivity contribution in [2.45, 2.75) is 13.8 Å². The van der Waals surface area contributed by atoms with Crippen molar-refractivity contribution in [2.24, 2.45) is 0 Å². The maximum atomic E-state index is 12.3. The number of aromatic nitrogens is 3. The van der Waals surface area contributed by atoms with Gasteiger partial charge in [0.15, 0.2) is 0 Å². The van der Waals surface area contributed by atoms with Crippen molar-refractivity contribution in [3.63, 3.8) is 0 Å². The molecule has 1 aromatic heterocycles. The van der Waals surface area contributed by atoms with Gasteiger partial charge >= 0.3 is 0 Å². The van der Waals surface area contributed by atoms with Crippen molar-refractivity contribution in [3.8, 4) is 5.69 Å². The Balaban J connectivity index is 1.78. The second-order valence-electron chi connectivity index (χ2n) is 5.25. The third kappa shape index (κ3) is 3.42. The molecule has 2 aromatic carbocycles. The predicted octanol–water partition coefficient (Wildman–Crippen LogP) is 4.44. The molecule has 1 N–H and O–H groups in total. The van der Waals surface area contributed by atoms with Gasteiger partial charge in [-0.05, 0) is 56.3 Å². The smallest absolute Gasteiger partial charge is 0.255 e. The minimum atomic E-state index is -0.230. The zero-order chi connectivity index (χ0) is 17.3. The van der Waals surface area contributed by atoms with Crippen molar-refractivity contribution in [3.05, 3.63) is 69.7 Å². The van der Waals surface area contributed by atoms with Gasteiger partial charge in [0.1, 0.15) is 11.6 Å². The summed E-state index contributed by atoms with van der Waals surface area (Å²) < 4.78 is 1.73.